The average molecular weight is 219 g/mol. The van der Waals surface area contributed by atoms with Crippen LogP contribution in [0, 0.1) is 0 Å². The van der Waals surface area contributed by atoms with Gasteiger partial charge in [-0.15, -0.1) is 0 Å². The summed E-state index contributed by atoms with van der Waals surface area (Å²) in [6.07, 6.45) is 0. The van der Waals surface area contributed by atoms with Gasteiger partial charge in [0.25, 0.3) is 0 Å². The van der Waals surface area contributed by atoms with Crippen molar-refractivity contribution in [2.24, 2.45) is 0 Å². The summed E-state index contributed by atoms with van der Waals surface area (Å²) in [5, 5.41) is 0.695. The molecule has 0 amide bonds. The number of ether oxygens (including phenoxy) is 1. The summed E-state index contributed by atoms with van der Waals surface area (Å²) in [4.78, 5) is 0. The predicted octanol–water partition coefficient (Wildman–Crippen LogP) is 3.92. The Kier molecular flexibility index (Phi) is 3.25. The van der Waals surface area contributed by atoms with Crippen molar-refractivity contribution in [2.45, 2.75) is 6.61 Å². The molecule has 0 fully saturated rings. The van der Waals surface area contributed by atoms with Gasteiger partial charge in [-0.2, -0.15) is 0 Å². The van der Waals surface area contributed by atoms with Gasteiger partial charge in [-0.3, -0.25) is 0 Å². The fraction of sp³-hybridized carbons (Fsp3) is 0.0769. The SMILES string of the molecule is Clc1cccc(OCc2ccccc2)c1. The molecule has 0 atom stereocenters. The van der Waals surface area contributed by atoms with E-state index in [0.717, 1.165) is 11.3 Å². The van der Waals surface area contributed by atoms with Gasteiger partial charge >= 0.3 is 0 Å². The molecule has 15 heavy (non-hydrogen) atoms. The van der Waals surface area contributed by atoms with Gasteiger partial charge in [-0.05, 0) is 23.8 Å². The van der Waals surface area contributed by atoms with E-state index in [0.29, 0.717) is 11.6 Å². The minimum atomic E-state index is 0.571. The lowest BCUT2D eigenvalue weighted by Crippen LogP contribution is -1.94. The van der Waals surface area contributed by atoms with Crippen LogP contribution in [0.25, 0.3) is 0 Å². The van der Waals surface area contributed by atoms with Crippen molar-refractivity contribution in [3.8, 4) is 5.75 Å². The summed E-state index contributed by atoms with van der Waals surface area (Å²) in [5.74, 6) is 0.798. The molecular weight excluding hydrogens is 208 g/mol. The van der Waals surface area contributed by atoms with E-state index in [4.69, 9.17) is 16.3 Å². The highest BCUT2D eigenvalue weighted by Crippen LogP contribution is 2.18. The van der Waals surface area contributed by atoms with Crippen LogP contribution in [-0.2, 0) is 6.61 Å². The van der Waals surface area contributed by atoms with Crippen molar-refractivity contribution in [1.29, 1.82) is 0 Å². The lowest BCUT2D eigenvalue weighted by molar-refractivity contribution is 0.306. The summed E-state index contributed by atoms with van der Waals surface area (Å²) < 4.78 is 5.59. The molecule has 0 spiro atoms. The summed E-state index contributed by atoms with van der Waals surface area (Å²) in [5.41, 5.74) is 1.15. The minimum absolute atomic E-state index is 0.571. The number of halogens is 1. The highest BCUT2D eigenvalue weighted by atomic mass is 35.5. The standard InChI is InChI=1S/C13H11ClO/c14-12-7-4-8-13(9-12)15-10-11-5-2-1-3-6-11/h1-9H,10H2. The summed E-state index contributed by atoms with van der Waals surface area (Å²) in [6.45, 7) is 0.571. The quantitative estimate of drug-likeness (QED) is 0.759. The zero-order valence-electron chi connectivity index (χ0n) is 8.19. The fourth-order valence-corrected chi connectivity index (χ4v) is 1.48. The van der Waals surface area contributed by atoms with Crippen molar-refractivity contribution < 1.29 is 4.74 Å². The van der Waals surface area contributed by atoms with Crippen LogP contribution < -0.4 is 4.74 Å². The molecule has 0 aliphatic heterocycles. The molecule has 2 aromatic carbocycles. The lowest BCUT2D eigenvalue weighted by atomic mass is 10.2. The van der Waals surface area contributed by atoms with Crippen LogP contribution in [0.4, 0.5) is 0 Å². The molecule has 0 bridgehead atoms. The molecule has 0 aromatic heterocycles. The third-order valence-corrected chi connectivity index (χ3v) is 2.28. The fourth-order valence-electron chi connectivity index (χ4n) is 1.30. The predicted molar refractivity (Wildman–Crippen MR) is 62.2 cm³/mol. The van der Waals surface area contributed by atoms with E-state index in [9.17, 15) is 0 Å². The molecule has 0 radical (unpaired) electrons. The van der Waals surface area contributed by atoms with Gasteiger partial charge in [0, 0.05) is 5.02 Å². The smallest absolute Gasteiger partial charge is 0.121 e. The maximum absolute atomic E-state index is 5.85. The third kappa shape index (κ3) is 3.00. The number of hydrogen-bond donors (Lipinski definition) is 0. The molecule has 0 aliphatic carbocycles. The first kappa shape index (κ1) is 10.1. The molecule has 0 heterocycles. The Hall–Kier alpha value is -1.47. The van der Waals surface area contributed by atoms with Gasteiger partial charge in [0.05, 0.1) is 0 Å². The molecule has 0 aliphatic rings. The van der Waals surface area contributed by atoms with E-state index >= 15 is 0 Å². The highest BCUT2D eigenvalue weighted by Gasteiger charge is 1.95. The molecule has 2 rings (SSSR count). The maximum Gasteiger partial charge on any atom is 0.121 e. The molecule has 0 saturated heterocycles. The zero-order chi connectivity index (χ0) is 10.5. The summed E-state index contributed by atoms with van der Waals surface area (Å²) >= 11 is 5.85. The van der Waals surface area contributed by atoms with Gasteiger partial charge < -0.3 is 4.74 Å². The largest absolute Gasteiger partial charge is 0.489 e. The van der Waals surface area contributed by atoms with Crippen LogP contribution >= 0.6 is 11.6 Å². The Morgan fingerprint density at radius 2 is 1.73 bits per heavy atom. The van der Waals surface area contributed by atoms with Crippen LogP contribution in [-0.4, -0.2) is 0 Å². The number of benzene rings is 2. The van der Waals surface area contributed by atoms with Crippen LogP contribution in [0.3, 0.4) is 0 Å². The summed E-state index contributed by atoms with van der Waals surface area (Å²) in [7, 11) is 0. The molecular formula is C13H11ClO. The monoisotopic (exact) mass is 218 g/mol. The van der Waals surface area contributed by atoms with E-state index in [1.54, 1.807) is 0 Å². The maximum atomic E-state index is 5.85. The highest BCUT2D eigenvalue weighted by molar-refractivity contribution is 6.30. The first-order chi connectivity index (χ1) is 7.34. The number of rotatable bonds is 3. The number of hydrogen-bond acceptors (Lipinski definition) is 1. The van der Waals surface area contributed by atoms with Crippen LogP contribution in [0.5, 0.6) is 5.75 Å². The van der Waals surface area contributed by atoms with Crippen molar-refractivity contribution >= 4 is 11.6 Å². The second-order valence-corrected chi connectivity index (χ2v) is 3.67. The summed E-state index contributed by atoms with van der Waals surface area (Å²) in [6, 6.07) is 17.5. The minimum Gasteiger partial charge on any atom is -0.489 e. The molecule has 0 saturated carbocycles. The molecule has 0 N–H and O–H groups in total. The van der Waals surface area contributed by atoms with E-state index in [1.165, 1.54) is 0 Å². The van der Waals surface area contributed by atoms with Gasteiger partial charge in [0.2, 0.25) is 0 Å². The third-order valence-electron chi connectivity index (χ3n) is 2.04. The molecule has 1 nitrogen and oxygen atoms in total. The first-order valence-electron chi connectivity index (χ1n) is 4.77. The van der Waals surface area contributed by atoms with Crippen LogP contribution in [0.15, 0.2) is 54.6 Å². The van der Waals surface area contributed by atoms with Crippen LogP contribution in [0.1, 0.15) is 5.56 Å². The van der Waals surface area contributed by atoms with Crippen molar-refractivity contribution in [1.82, 2.24) is 0 Å². The average Bonchev–Trinajstić information content (AvgIpc) is 2.28. The molecule has 2 aromatic rings. The first-order valence-corrected chi connectivity index (χ1v) is 5.15. The Morgan fingerprint density at radius 3 is 2.47 bits per heavy atom. The normalized spacial score (nSPS) is 9.93. The second-order valence-electron chi connectivity index (χ2n) is 3.23. The van der Waals surface area contributed by atoms with E-state index in [-0.39, 0.29) is 0 Å². The van der Waals surface area contributed by atoms with Crippen molar-refractivity contribution in [3.05, 3.63) is 65.2 Å². The van der Waals surface area contributed by atoms with Crippen molar-refractivity contribution in [3.63, 3.8) is 0 Å². The second kappa shape index (κ2) is 4.85. The lowest BCUT2D eigenvalue weighted by Gasteiger charge is -2.05. The Labute approximate surface area is 94.3 Å². The van der Waals surface area contributed by atoms with E-state index in [1.807, 2.05) is 54.6 Å². The van der Waals surface area contributed by atoms with Crippen LogP contribution in [0.2, 0.25) is 5.02 Å². The molecule has 0 unspecified atom stereocenters. The Balaban J connectivity index is 1.99. The topological polar surface area (TPSA) is 9.23 Å². The molecule has 76 valence electrons. The van der Waals surface area contributed by atoms with Gasteiger partial charge in [-0.1, -0.05) is 48.0 Å². The van der Waals surface area contributed by atoms with Crippen molar-refractivity contribution in [2.75, 3.05) is 0 Å². The van der Waals surface area contributed by atoms with E-state index < -0.39 is 0 Å². The van der Waals surface area contributed by atoms with E-state index in [2.05, 4.69) is 0 Å². The van der Waals surface area contributed by atoms with Gasteiger partial charge in [0.15, 0.2) is 0 Å². The Morgan fingerprint density at radius 1 is 0.933 bits per heavy atom. The van der Waals surface area contributed by atoms with Gasteiger partial charge in [0.1, 0.15) is 12.4 Å². The zero-order valence-corrected chi connectivity index (χ0v) is 8.95. The van der Waals surface area contributed by atoms with Gasteiger partial charge in [-0.25, -0.2) is 0 Å². The Bertz CT molecular complexity index is 426. The molecule has 2 heteroatoms.